The van der Waals surface area contributed by atoms with Crippen molar-refractivity contribution in [1.29, 1.82) is 5.41 Å². The maximum absolute atomic E-state index is 7.69. The molecule has 0 saturated carbocycles. The van der Waals surface area contributed by atoms with Crippen LogP contribution in [0.5, 0.6) is 6.01 Å². The second kappa shape index (κ2) is 6.21. The minimum atomic E-state index is -0.00617. The van der Waals surface area contributed by atoms with Crippen molar-refractivity contribution >= 4 is 22.9 Å². The minimum Gasteiger partial charge on any atom is -0.459 e. The Hall–Kier alpha value is -2.34. The Kier molecular flexibility index (Phi) is 4.37. The Morgan fingerprint density at radius 2 is 2.20 bits per heavy atom. The zero-order chi connectivity index (χ0) is 14.5. The van der Waals surface area contributed by atoms with E-state index in [0.29, 0.717) is 12.3 Å². The molecule has 3 N–H and O–H groups in total. The number of ether oxygens (including phenoxy) is 1. The SMILES string of the molecule is Cc1cccc(COc2nccc(C(=N)C(N)=S)n2)c1. The van der Waals surface area contributed by atoms with E-state index in [4.69, 9.17) is 28.1 Å². The number of thiocarbonyl (C=S) groups is 1. The average molecular weight is 286 g/mol. The molecule has 0 radical (unpaired) electrons. The van der Waals surface area contributed by atoms with Gasteiger partial charge >= 0.3 is 6.01 Å². The fourth-order valence-electron chi connectivity index (χ4n) is 1.63. The molecule has 0 saturated heterocycles. The van der Waals surface area contributed by atoms with E-state index in [0.717, 1.165) is 11.1 Å². The smallest absolute Gasteiger partial charge is 0.317 e. The van der Waals surface area contributed by atoms with Crippen LogP contribution in [-0.2, 0) is 6.61 Å². The van der Waals surface area contributed by atoms with Gasteiger partial charge in [-0.1, -0.05) is 42.0 Å². The Labute approximate surface area is 122 Å². The van der Waals surface area contributed by atoms with Crippen molar-refractivity contribution in [1.82, 2.24) is 9.97 Å². The highest BCUT2D eigenvalue weighted by molar-refractivity contribution is 7.82. The van der Waals surface area contributed by atoms with Gasteiger partial charge in [-0.3, -0.25) is 5.41 Å². The van der Waals surface area contributed by atoms with E-state index >= 15 is 0 Å². The average Bonchev–Trinajstić information content (AvgIpc) is 2.44. The van der Waals surface area contributed by atoms with E-state index in [1.807, 2.05) is 31.2 Å². The molecule has 0 aliphatic rings. The molecule has 0 spiro atoms. The van der Waals surface area contributed by atoms with Crippen LogP contribution in [0.1, 0.15) is 16.8 Å². The Bertz CT molecular complexity index is 657. The highest BCUT2D eigenvalue weighted by Gasteiger charge is 2.08. The third kappa shape index (κ3) is 3.58. The van der Waals surface area contributed by atoms with Gasteiger partial charge in [-0.05, 0) is 18.6 Å². The maximum Gasteiger partial charge on any atom is 0.317 e. The van der Waals surface area contributed by atoms with Crippen molar-refractivity contribution < 1.29 is 4.74 Å². The zero-order valence-corrected chi connectivity index (χ0v) is 11.8. The fraction of sp³-hybridized carbons (Fsp3) is 0.143. The number of hydrogen-bond donors (Lipinski definition) is 2. The summed E-state index contributed by atoms with van der Waals surface area (Å²) in [5.74, 6) is 0. The van der Waals surface area contributed by atoms with Gasteiger partial charge in [-0.2, -0.15) is 4.98 Å². The van der Waals surface area contributed by atoms with E-state index in [9.17, 15) is 0 Å². The third-order valence-corrected chi connectivity index (χ3v) is 2.79. The summed E-state index contributed by atoms with van der Waals surface area (Å²) in [4.78, 5) is 8.10. The molecule has 0 bridgehead atoms. The topological polar surface area (TPSA) is 84.9 Å². The van der Waals surface area contributed by atoms with Crippen LogP contribution in [0.25, 0.3) is 0 Å². The summed E-state index contributed by atoms with van der Waals surface area (Å²) in [5.41, 5.74) is 7.96. The summed E-state index contributed by atoms with van der Waals surface area (Å²) in [7, 11) is 0. The Morgan fingerprint density at radius 3 is 2.90 bits per heavy atom. The van der Waals surface area contributed by atoms with Crippen LogP contribution in [0, 0.1) is 12.3 Å². The number of nitrogens with zero attached hydrogens (tertiary/aromatic N) is 2. The number of benzene rings is 1. The number of nitrogens with two attached hydrogens (primary N) is 1. The number of aromatic nitrogens is 2. The highest BCUT2D eigenvalue weighted by Crippen LogP contribution is 2.09. The van der Waals surface area contributed by atoms with Crippen molar-refractivity contribution in [2.75, 3.05) is 0 Å². The molecular formula is C14H14N4OS. The van der Waals surface area contributed by atoms with Gasteiger partial charge in [0.15, 0.2) is 0 Å². The lowest BCUT2D eigenvalue weighted by atomic mass is 10.1. The van der Waals surface area contributed by atoms with E-state index in [1.54, 1.807) is 6.07 Å². The predicted octanol–water partition coefficient (Wildman–Crippen LogP) is 2.02. The lowest BCUT2D eigenvalue weighted by Gasteiger charge is -2.06. The summed E-state index contributed by atoms with van der Waals surface area (Å²) in [6, 6.07) is 9.75. The summed E-state index contributed by atoms with van der Waals surface area (Å²) in [6.45, 7) is 2.38. The number of aryl methyl sites for hydroxylation is 1. The molecule has 5 nitrogen and oxygen atoms in total. The molecule has 0 aliphatic heterocycles. The van der Waals surface area contributed by atoms with Crippen molar-refractivity contribution in [3.05, 3.63) is 53.3 Å². The molecule has 1 heterocycles. The molecule has 2 aromatic rings. The first-order valence-electron chi connectivity index (χ1n) is 5.96. The Morgan fingerprint density at radius 1 is 1.40 bits per heavy atom. The largest absolute Gasteiger partial charge is 0.459 e. The maximum atomic E-state index is 7.69. The number of nitrogens with one attached hydrogen (secondary N) is 1. The molecule has 20 heavy (non-hydrogen) atoms. The molecular weight excluding hydrogens is 272 g/mol. The van der Waals surface area contributed by atoms with Gasteiger partial charge in [0, 0.05) is 6.20 Å². The number of hydrogen-bond acceptors (Lipinski definition) is 5. The fourth-order valence-corrected chi connectivity index (χ4v) is 1.73. The lowest BCUT2D eigenvalue weighted by molar-refractivity contribution is 0.280. The molecule has 1 aromatic carbocycles. The monoisotopic (exact) mass is 286 g/mol. The Balaban J connectivity index is 2.09. The second-order valence-corrected chi connectivity index (χ2v) is 4.68. The van der Waals surface area contributed by atoms with Gasteiger partial charge in [0.1, 0.15) is 17.3 Å². The third-order valence-electron chi connectivity index (χ3n) is 2.59. The molecule has 2 rings (SSSR count). The van der Waals surface area contributed by atoms with Crippen molar-refractivity contribution in [2.45, 2.75) is 13.5 Å². The van der Waals surface area contributed by atoms with E-state index in [2.05, 4.69) is 9.97 Å². The number of rotatable bonds is 5. The molecule has 0 amide bonds. The van der Waals surface area contributed by atoms with Gasteiger partial charge in [-0.15, -0.1) is 0 Å². The lowest BCUT2D eigenvalue weighted by Crippen LogP contribution is -2.22. The van der Waals surface area contributed by atoms with Gasteiger partial charge in [-0.25, -0.2) is 4.98 Å². The molecule has 6 heteroatoms. The van der Waals surface area contributed by atoms with Crippen LogP contribution in [0.15, 0.2) is 36.5 Å². The van der Waals surface area contributed by atoms with Gasteiger partial charge in [0.25, 0.3) is 0 Å². The molecule has 102 valence electrons. The molecule has 0 fully saturated rings. The van der Waals surface area contributed by atoms with Crippen LogP contribution in [0.4, 0.5) is 0 Å². The second-order valence-electron chi connectivity index (χ2n) is 4.24. The van der Waals surface area contributed by atoms with Gasteiger partial charge in [0.2, 0.25) is 0 Å². The quantitative estimate of drug-likeness (QED) is 0.649. The van der Waals surface area contributed by atoms with E-state index in [-0.39, 0.29) is 16.7 Å². The van der Waals surface area contributed by atoms with Crippen LogP contribution in [0.2, 0.25) is 0 Å². The van der Waals surface area contributed by atoms with Crippen LogP contribution in [-0.4, -0.2) is 20.7 Å². The van der Waals surface area contributed by atoms with E-state index in [1.165, 1.54) is 6.20 Å². The van der Waals surface area contributed by atoms with Crippen molar-refractivity contribution in [2.24, 2.45) is 5.73 Å². The molecule has 1 aromatic heterocycles. The first kappa shape index (κ1) is 14.1. The highest BCUT2D eigenvalue weighted by atomic mass is 32.1. The van der Waals surface area contributed by atoms with Gasteiger partial charge in [0.05, 0.1) is 5.69 Å². The van der Waals surface area contributed by atoms with Crippen molar-refractivity contribution in [3.8, 4) is 6.01 Å². The first-order chi connectivity index (χ1) is 9.56. The zero-order valence-electron chi connectivity index (χ0n) is 11.0. The van der Waals surface area contributed by atoms with Gasteiger partial charge < -0.3 is 10.5 Å². The molecule has 0 aliphatic carbocycles. The van der Waals surface area contributed by atoms with Crippen LogP contribution in [0.3, 0.4) is 0 Å². The van der Waals surface area contributed by atoms with Crippen LogP contribution < -0.4 is 10.5 Å². The minimum absolute atomic E-state index is 0.00260. The molecule has 0 unspecified atom stereocenters. The van der Waals surface area contributed by atoms with Crippen LogP contribution >= 0.6 is 12.2 Å². The summed E-state index contributed by atoms with van der Waals surface area (Å²) in [6.07, 6.45) is 1.51. The first-order valence-corrected chi connectivity index (χ1v) is 6.37. The normalized spacial score (nSPS) is 10.1. The van der Waals surface area contributed by atoms with E-state index < -0.39 is 0 Å². The van der Waals surface area contributed by atoms with Crippen molar-refractivity contribution in [3.63, 3.8) is 0 Å². The molecule has 0 atom stereocenters. The summed E-state index contributed by atoms with van der Waals surface area (Å²) < 4.78 is 5.51. The summed E-state index contributed by atoms with van der Waals surface area (Å²) in [5, 5.41) is 7.69. The summed E-state index contributed by atoms with van der Waals surface area (Å²) >= 11 is 4.75. The predicted molar refractivity (Wildman–Crippen MR) is 81.2 cm³/mol. The standard InChI is InChI=1S/C14H14N4OS/c1-9-3-2-4-10(7-9)8-19-14-17-6-5-11(18-14)12(15)13(16)20/h2-7,15H,8H2,1H3,(H2,16,20).